The average molecular weight is 360 g/mol. The lowest BCUT2D eigenvalue weighted by molar-refractivity contribution is -0.157. The van der Waals surface area contributed by atoms with Crippen LogP contribution in [0, 0.1) is 11.3 Å². The first kappa shape index (κ1) is 18.8. The van der Waals surface area contributed by atoms with Crippen LogP contribution in [0.2, 0.25) is 0 Å². The van der Waals surface area contributed by atoms with Crippen LogP contribution in [0.1, 0.15) is 44.0 Å². The Morgan fingerprint density at radius 2 is 2.15 bits per heavy atom. The lowest BCUT2D eigenvalue weighted by Gasteiger charge is -2.31. The highest BCUT2D eigenvalue weighted by Crippen LogP contribution is 2.44. The van der Waals surface area contributed by atoms with Gasteiger partial charge in [0.1, 0.15) is 0 Å². The standard InChI is InChI=1S/C19H28N4O3/c1-4-26-18(25)19-7-5-9-22(17(24)15-6-8-20-21-10-15)11-16(19)12-23(13-19)14(2)3/h6,8,10,14,16H,4-5,7,9,11-13H2,1-3H3/t16-,19-/m1/s1. The molecule has 0 bridgehead atoms. The van der Waals surface area contributed by atoms with Gasteiger partial charge in [-0.2, -0.15) is 10.2 Å². The molecule has 0 aliphatic carbocycles. The Morgan fingerprint density at radius 1 is 1.35 bits per heavy atom. The highest BCUT2D eigenvalue weighted by Gasteiger charge is 2.54. The van der Waals surface area contributed by atoms with E-state index in [1.807, 2.05) is 11.8 Å². The molecule has 0 N–H and O–H groups in total. The lowest BCUT2D eigenvalue weighted by atomic mass is 9.75. The predicted molar refractivity (Wildman–Crippen MR) is 96.4 cm³/mol. The Morgan fingerprint density at radius 3 is 2.81 bits per heavy atom. The molecule has 26 heavy (non-hydrogen) atoms. The van der Waals surface area contributed by atoms with Crippen LogP contribution in [-0.2, 0) is 9.53 Å². The number of fused-ring (bicyclic) bond motifs is 1. The topological polar surface area (TPSA) is 75.6 Å². The van der Waals surface area contributed by atoms with Crippen molar-refractivity contribution in [1.29, 1.82) is 0 Å². The predicted octanol–water partition coefficient (Wildman–Crippen LogP) is 1.60. The Bertz CT molecular complexity index is 651. The van der Waals surface area contributed by atoms with Crippen molar-refractivity contribution in [1.82, 2.24) is 20.0 Å². The van der Waals surface area contributed by atoms with E-state index in [1.54, 1.807) is 6.07 Å². The van der Waals surface area contributed by atoms with E-state index in [0.29, 0.717) is 37.8 Å². The van der Waals surface area contributed by atoms with E-state index in [4.69, 9.17) is 4.74 Å². The van der Waals surface area contributed by atoms with Gasteiger partial charge >= 0.3 is 5.97 Å². The molecule has 0 spiro atoms. The molecular weight excluding hydrogens is 332 g/mol. The van der Waals surface area contributed by atoms with Crippen molar-refractivity contribution in [3.05, 3.63) is 24.0 Å². The number of nitrogens with zero attached hydrogens (tertiary/aromatic N) is 4. The average Bonchev–Trinajstić information content (AvgIpc) is 2.91. The lowest BCUT2D eigenvalue weighted by Crippen LogP contribution is -2.43. The molecule has 0 aromatic carbocycles. The number of amides is 1. The van der Waals surface area contributed by atoms with Crippen molar-refractivity contribution < 1.29 is 14.3 Å². The first-order valence-corrected chi connectivity index (χ1v) is 9.45. The van der Waals surface area contributed by atoms with Crippen molar-refractivity contribution in [3.63, 3.8) is 0 Å². The molecule has 0 radical (unpaired) electrons. The van der Waals surface area contributed by atoms with Gasteiger partial charge in [0, 0.05) is 38.1 Å². The molecule has 3 heterocycles. The minimum absolute atomic E-state index is 0.0393. The first-order chi connectivity index (χ1) is 12.5. The second-order valence-corrected chi connectivity index (χ2v) is 7.58. The number of esters is 1. The van der Waals surface area contributed by atoms with Crippen LogP contribution in [0.15, 0.2) is 18.5 Å². The quantitative estimate of drug-likeness (QED) is 0.759. The Balaban J connectivity index is 1.85. The van der Waals surface area contributed by atoms with E-state index in [1.165, 1.54) is 12.4 Å². The van der Waals surface area contributed by atoms with E-state index in [0.717, 1.165) is 19.4 Å². The van der Waals surface area contributed by atoms with Crippen LogP contribution in [0.25, 0.3) is 0 Å². The summed E-state index contributed by atoms with van der Waals surface area (Å²) in [6, 6.07) is 2.05. The molecule has 2 saturated heterocycles. The summed E-state index contributed by atoms with van der Waals surface area (Å²) in [5.74, 6) is -0.0548. The van der Waals surface area contributed by atoms with Crippen molar-refractivity contribution in [2.24, 2.45) is 11.3 Å². The van der Waals surface area contributed by atoms with Gasteiger partial charge in [0.15, 0.2) is 0 Å². The van der Waals surface area contributed by atoms with Crippen LogP contribution < -0.4 is 0 Å². The summed E-state index contributed by atoms with van der Waals surface area (Å²) in [4.78, 5) is 30.0. The zero-order chi connectivity index (χ0) is 18.7. The number of carbonyl (C=O) groups is 2. The highest BCUT2D eigenvalue weighted by atomic mass is 16.5. The maximum absolute atomic E-state index is 12.9. The summed E-state index contributed by atoms with van der Waals surface area (Å²) in [7, 11) is 0. The number of rotatable bonds is 4. The summed E-state index contributed by atoms with van der Waals surface area (Å²) in [5, 5.41) is 7.55. The van der Waals surface area contributed by atoms with Crippen LogP contribution >= 0.6 is 0 Å². The van der Waals surface area contributed by atoms with Crippen molar-refractivity contribution in [2.75, 3.05) is 32.8 Å². The summed E-state index contributed by atoms with van der Waals surface area (Å²) in [6.07, 6.45) is 4.59. The van der Waals surface area contributed by atoms with Gasteiger partial charge in [0.05, 0.1) is 30.0 Å². The Labute approximate surface area is 154 Å². The molecule has 1 aromatic heterocycles. The van der Waals surface area contributed by atoms with Crippen LogP contribution in [0.5, 0.6) is 0 Å². The third-order valence-electron chi connectivity index (χ3n) is 5.74. The molecule has 142 valence electrons. The van der Waals surface area contributed by atoms with Crippen LogP contribution in [-0.4, -0.2) is 70.7 Å². The summed E-state index contributed by atoms with van der Waals surface area (Å²) in [5.41, 5.74) is 0.0357. The number of hydrogen-bond donors (Lipinski definition) is 0. The van der Waals surface area contributed by atoms with Gasteiger partial charge in [-0.3, -0.25) is 14.5 Å². The van der Waals surface area contributed by atoms with Gasteiger partial charge in [-0.25, -0.2) is 0 Å². The smallest absolute Gasteiger partial charge is 0.313 e. The van der Waals surface area contributed by atoms with Crippen molar-refractivity contribution >= 4 is 11.9 Å². The van der Waals surface area contributed by atoms with E-state index in [9.17, 15) is 9.59 Å². The normalized spacial score (nSPS) is 26.5. The van der Waals surface area contributed by atoms with E-state index in [2.05, 4.69) is 28.9 Å². The molecule has 0 saturated carbocycles. The molecule has 7 nitrogen and oxygen atoms in total. The van der Waals surface area contributed by atoms with E-state index >= 15 is 0 Å². The molecule has 0 unspecified atom stereocenters. The fourth-order valence-electron chi connectivity index (χ4n) is 4.26. The summed E-state index contributed by atoms with van der Waals surface area (Å²) >= 11 is 0. The second kappa shape index (κ2) is 7.70. The van der Waals surface area contributed by atoms with Crippen molar-refractivity contribution in [2.45, 2.75) is 39.7 Å². The third kappa shape index (κ3) is 3.45. The van der Waals surface area contributed by atoms with Gasteiger partial charge in [-0.1, -0.05) is 0 Å². The van der Waals surface area contributed by atoms with Crippen molar-refractivity contribution in [3.8, 4) is 0 Å². The zero-order valence-electron chi connectivity index (χ0n) is 15.9. The van der Waals surface area contributed by atoms with E-state index in [-0.39, 0.29) is 17.8 Å². The maximum Gasteiger partial charge on any atom is 0.313 e. The first-order valence-electron chi connectivity index (χ1n) is 9.45. The number of hydrogen-bond acceptors (Lipinski definition) is 6. The summed E-state index contributed by atoms with van der Waals surface area (Å²) in [6.45, 7) is 9.29. The molecule has 1 amide bonds. The van der Waals surface area contributed by atoms with Gasteiger partial charge in [-0.05, 0) is 39.7 Å². The van der Waals surface area contributed by atoms with Gasteiger partial charge < -0.3 is 9.64 Å². The largest absolute Gasteiger partial charge is 0.466 e. The fourth-order valence-corrected chi connectivity index (χ4v) is 4.26. The number of likely N-dealkylation sites (tertiary alicyclic amines) is 2. The highest BCUT2D eigenvalue weighted by molar-refractivity contribution is 5.94. The number of aromatic nitrogens is 2. The maximum atomic E-state index is 12.9. The monoisotopic (exact) mass is 360 g/mol. The number of carbonyl (C=O) groups excluding carboxylic acids is 2. The minimum Gasteiger partial charge on any atom is -0.466 e. The SMILES string of the molecule is CCOC(=O)[C@@]12CCCN(C(=O)c3ccnnc3)C[C@@H]1CN(C(C)C)C2. The molecule has 1 aromatic rings. The molecule has 7 heteroatoms. The molecule has 2 atom stereocenters. The fraction of sp³-hybridized carbons (Fsp3) is 0.684. The van der Waals surface area contributed by atoms with Gasteiger partial charge in [0.25, 0.3) is 5.91 Å². The van der Waals surface area contributed by atoms with E-state index < -0.39 is 5.41 Å². The number of ether oxygens (including phenoxy) is 1. The molecular formula is C19H28N4O3. The van der Waals surface area contributed by atoms with Gasteiger partial charge in [-0.15, -0.1) is 0 Å². The molecule has 2 aliphatic rings. The second-order valence-electron chi connectivity index (χ2n) is 7.58. The Hall–Kier alpha value is -2.02. The minimum atomic E-state index is -0.508. The molecule has 3 rings (SSSR count). The molecule has 2 aliphatic heterocycles. The van der Waals surface area contributed by atoms with Gasteiger partial charge in [0.2, 0.25) is 0 Å². The summed E-state index contributed by atoms with van der Waals surface area (Å²) < 4.78 is 5.46. The molecule has 2 fully saturated rings. The van der Waals surface area contributed by atoms with Crippen LogP contribution in [0.3, 0.4) is 0 Å². The third-order valence-corrected chi connectivity index (χ3v) is 5.74. The zero-order valence-corrected chi connectivity index (χ0v) is 15.9. The van der Waals surface area contributed by atoms with Crippen LogP contribution in [0.4, 0.5) is 0 Å². The Kier molecular flexibility index (Phi) is 5.55.